The van der Waals surface area contributed by atoms with Crippen LogP contribution in [0.15, 0.2) is 16.7 Å². The van der Waals surface area contributed by atoms with Crippen molar-refractivity contribution in [1.29, 1.82) is 0 Å². The summed E-state index contributed by atoms with van der Waals surface area (Å²) in [7, 11) is 3.25. The van der Waals surface area contributed by atoms with Crippen LogP contribution in [-0.2, 0) is 9.53 Å². The summed E-state index contributed by atoms with van der Waals surface area (Å²) >= 11 is 3.39. The maximum absolute atomic E-state index is 11.3. The molecule has 0 aromatic carbocycles. The van der Waals surface area contributed by atoms with Gasteiger partial charge < -0.3 is 15.4 Å². The predicted molar refractivity (Wildman–Crippen MR) is 70.8 cm³/mol. The van der Waals surface area contributed by atoms with Crippen LogP contribution in [-0.4, -0.2) is 31.7 Å². The van der Waals surface area contributed by atoms with Gasteiger partial charge in [-0.15, -0.1) is 0 Å². The van der Waals surface area contributed by atoms with Crippen molar-refractivity contribution in [3.63, 3.8) is 0 Å². The number of methoxy groups -OCH3 is 1. The van der Waals surface area contributed by atoms with Gasteiger partial charge in [-0.2, -0.15) is 0 Å². The molecule has 0 aliphatic heterocycles. The summed E-state index contributed by atoms with van der Waals surface area (Å²) in [5.74, 6) is 0.301. The SMILES string of the molecule is COC(=O)C(C)CN(C)c1ncc(N)cc1Br. The molecular formula is C11H16BrN3O2. The summed E-state index contributed by atoms with van der Waals surface area (Å²) in [4.78, 5) is 17.4. The van der Waals surface area contributed by atoms with Gasteiger partial charge in [-0.25, -0.2) is 4.98 Å². The average Bonchev–Trinajstić information content (AvgIpc) is 2.27. The van der Waals surface area contributed by atoms with Crippen LogP contribution in [0.5, 0.6) is 0 Å². The van der Waals surface area contributed by atoms with E-state index in [0.29, 0.717) is 12.2 Å². The van der Waals surface area contributed by atoms with Gasteiger partial charge in [0, 0.05) is 13.6 Å². The molecule has 0 aliphatic carbocycles. The highest BCUT2D eigenvalue weighted by Gasteiger charge is 2.17. The lowest BCUT2D eigenvalue weighted by Gasteiger charge is -2.22. The van der Waals surface area contributed by atoms with Crippen molar-refractivity contribution < 1.29 is 9.53 Å². The molecule has 94 valence electrons. The molecule has 0 radical (unpaired) electrons. The molecule has 1 atom stereocenters. The largest absolute Gasteiger partial charge is 0.469 e. The lowest BCUT2D eigenvalue weighted by molar-refractivity contribution is -0.144. The molecule has 0 amide bonds. The van der Waals surface area contributed by atoms with E-state index in [2.05, 4.69) is 25.7 Å². The number of hydrogen-bond acceptors (Lipinski definition) is 5. The Morgan fingerprint density at radius 2 is 2.35 bits per heavy atom. The van der Waals surface area contributed by atoms with Crippen molar-refractivity contribution >= 4 is 33.4 Å². The van der Waals surface area contributed by atoms with Gasteiger partial charge in [0.15, 0.2) is 0 Å². The fourth-order valence-corrected chi connectivity index (χ4v) is 2.17. The lowest BCUT2D eigenvalue weighted by atomic mass is 10.2. The van der Waals surface area contributed by atoms with E-state index in [4.69, 9.17) is 5.73 Å². The zero-order valence-corrected chi connectivity index (χ0v) is 11.7. The van der Waals surface area contributed by atoms with Crippen LogP contribution in [0.25, 0.3) is 0 Å². The number of ether oxygens (including phenoxy) is 1. The highest BCUT2D eigenvalue weighted by Crippen LogP contribution is 2.25. The molecule has 0 saturated carbocycles. The third-order valence-corrected chi connectivity index (χ3v) is 2.94. The molecule has 0 aliphatic rings. The highest BCUT2D eigenvalue weighted by atomic mass is 79.9. The van der Waals surface area contributed by atoms with E-state index in [1.54, 1.807) is 12.3 Å². The first-order chi connectivity index (χ1) is 7.95. The van der Waals surface area contributed by atoms with Gasteiger partial charge in [-0.05, 0) is 22.0 Å². The number of rotatable bonds is 4. The Balaban J connectivity index is 2.76. The number of aromatic nitrogens is 1. The number of nitrogens with two attached hydrogens (primary N) is 1. The molecule has 0 bridgehead atoms. The van der Waals surface area contributed by atoms with Crippen LogP contribution in [0.2, 0.25) is 0 Å². The minimum Gasteiger partial charge on any atom is -0.469 e. The van der Waals surface area contributed by atoms with Crippen LogP contribution in [0.4, 0.5) is 11.5 Å². The van der Waals surface area contributed by atoms with Gasteiger partial charge in [-0.3, -0.25) is 4.79 Å². The lowest BCUT2D eigenvalue weighted by Crippen LogP contribution is -2.30. The van der Waals surface area contributed by atoms with Crippen LogP contribution >= 0.6 is 15.9 Å². The van der Waals surface area contributed by atoms with Crippen molar-refractivity contribution in [3.05, 3.63) is 16.7 Å². The molecule has 0 spiro atoms. The molecule has 6 heteroatoms. The van der Waals surface area contributed by atoms with Crippen LogP contribution in [0.3, 0.4) is 0 Å². The number of nitrogen functional groups attached to an aromatic ring is 1. The van der Waals surface area contributed by atoms with E-state index >= 15 is 0 Å². The first-order valence-electron chi connectivity index (χ1n) is 5.15. The van der Waals surface area contributed by atoms with Gasteiger partial charge >= 0.3 is 5.97 Å². The van der Waals surface area contributed by atoms with Crippen molar-refractivity contribution in [2.75, 3.05) is 31.3 Å². The first-order valence-corrected chi connectivity index (χ1v) is 5.95. The number of carbonyl (C=O) groups excluding carboxylic acids is 1. The Hall–Kier alpha value is -1.30. The molecule has 17 heavy (non-hydrogen) atoms. The summed E-state index contributed by atoms with van der Waals surface area (Å²) in [6.45, 7) is 2.34. The second-order valence-corrected chi connectivity index (χ2v) is 4.73. The summed E-state index contributed by atoms with van der Waals surface area (Å²) in [6, 6.07) is 1.78. The number of carbonyl (C=O) groups is 1. The predicted octanol–water partition coefficient (Wildman–Crippen LogP) is 1.67. The fraction of sp³-hybridized carbons (Fsp3) is 0.455. The maximum Gasteiger partial charge on any atom is 0.310 e. The van der Waals surface area contributed by atoms with E-state index in [-0.39, 0.29) is 11.9 Å². The molecule has 1 aromatic heterocycles. The van der Waals surface area contributed by atoms with Gasteiger partial charge in [0.05, 0.1) is 29.4 Å². The smallest absolute Gasteiger partial charge is 0.310 e. The number of hydrogen-bond donors (Lipinski definition) is 1. The fourth-order valence-electron chi connectivity index (χ4n) is 1.50. The molecule has 1 heterocycles. The van der Waals surface area contributed by atoms with Crippen molar-refractivity contribution in [2.45, 2.75) is 6.92 Å². The van der Waals surface area contributed by atoms with Crippen molar-refractivity contribution in [2.24, 2.45) is 5.92 Å². The van der Waals surface area contributed by atoms with Crippen molar-refractivity contribution in [1.82, 2.24) is 4.98 Å². The average molecular weight is 302 g/mol. The second-order valence-electron chi connectivity index (χ2n) is 3.88. The Kier molecular flexibility index (Phi) is 4.74. The zero-order chi connectivity index (χ0) is 13.0. The van der Waals surface area contributed by atoms with E-state index < -0.39 is 0 Å². The quantitative estimate of drug-likeness (QED) is 0.857. The molecule has 1 unspecified atom stereocenters. The van der Waals surface area contributed by atoms with Gasteiger partial charge in [0.25, 0.3) is 0 Å². The Bertz CT molecular complexity index is 412. The number of anilines is 2. The summed E-state index contributed by atoms with van der Waals surface area (Å²) in [5.41, 5.74) is 6.21. The topological polar surface area (TPSA) is 68.5 Å². The maximum atomic E-state index is 11.3. The Morgan fingerprint density at radius 1 is 1.71 bits per heavy atom. The Labute approximate surface area is 109 Å². The van der Waals surface area contributed by atoms with Gasteiger partial charge in [0.1, 0.15) is 5.82 Å². The molecule has 2 N–H and O–H groups in total. The van der Waals surface area contributed by atoms with Crippen LogP contribution in [0.1, 0.15) is 6.92 Å². The second kappa shape index (κ2) is 5.86. The minimum atomic E-state index is -0.233. The van der Waals surface area contributed by atoms with Gasteiger partial charge in [0.2, 0.25) is 0 Å². The van der Waals surface area contributed by atoms with E-state index in [0.717, 1.165) is 10.3 Å². The summed E-state index contributed by atoms with van der Waals surface area (Å²) in [5, 5.41) is 0. The van der Waals surface area contributed by atoms with Crippen molar-refractivity contribution in [3.8, 4) is 0 Å². The molecule has 1 rings (SSSR count). The van der Waals surface area contributed by atoms with E-state index in [1.807, 2.05) is 18.9 Å². The molecule has 5 nitrogen and oxygen atoms in total. The van der Waals surface area contributed by atoms with Crippen LogP contribution in [0, 0.1) is 5.92 Å². The number of esters is 1. The van der Waals surface area contributed by atoms with Crippen LogP contribution < -0.4 is 10.6 Å². The standard InChI is InChI=1S/C11H16BrN3O2/c1-7(11(16)17-3)6-15(2)10-9(12)4-8(13)5-14-10/h4-5,7H,6,13H2,1-3H3. The summed E-state index contributed by atoms with van der Waals surface area (Å²) in [6.07, 6.45) is 1.58. The van der Waals surface area contributed by atoms with E-state index in [1.165, 1.54) is 7.11 Å². The zero-order valence-electron chi connectivity index (χ0n) is 10.1. The normalized spacial score (nSPS) is 12.0. The molecular weight excluding hydrogens is 286 g/mol. The number of pyridine rings is 1. The highest BCUT2D eigenvalue weighted by molar-refractivity contribution is 9.10. The third kappa shape index (κ3) is 3.59. The third-order valence-electron chi connectivity index (χ3n) is 2.36. The molecule has 0 fully saturated rings. The van der Waals surface area contributed by atoms with Gasteiger partial charge in [-0.1, -0.05) is 6.92 Å². The number of halogens is 1. The molecule has 0 saturated heterocycles. The van der Waals surface area contributed by atoms with E-state index in [9.17, 15) is 4.79 Å². The molecule has 1 aromatic rings. The summed E-state index contributed by atoms with van der Waals surface area (Å²) < 4.78 is 5.48. The first kappa shape index (κ1) is 13.8. The minimum absolute atomic E-state index is 0.212. The monoisotopic (exact) mass is 301 g/mol. The Morgan fingerprint density at radius 3 is 2.88 bits per heavy atom. The number of nitrogens with zero attached hydrogens (tertiary/aromatic N) is 2.